The van der Waals surface area contributed by atoms with Crippen LogP contribution in [0.5, 0.6) is 5.75 Å². The minimum Gasteiger partial charge on any atom is -0.491 e. The van der Waals surface area contributed by atoms with E-state index in [-0.39, 0.29) is 6.61 Å². The van der Waals surface area contributed by atoms with Crippen molar-refractivity contribution in [1.82, 2.24) is 0 Å². The third-order valence-electron chi connectivity index (χ3n) is 3.74. The van der Waals surface area contributed by atoms with Crippen LogP contribution in [0.4, 0.5) is 0 Å². The van der Waals surface area contributed by atoms with Gasteiger partial charge < -0.3 is 37.9 Å². The van der Waals surface area contributed by atoms with Crippen LogP contribution >= 0.6 is 0 Å². The number of carbonyl (C=O) groups excluding carboxylic acids is 1. The largest absolute Gasteiger partial charge is 0.491 e. The standard InChI is InChI=1S/C23H36O9/c1-2-23(24)32-21-19-30-17-15-28-13-11-26-9-8-25-10-12-27-14-16-29-18-20-31-22-6-4-3-5-7-22/h2-7H,1,8-21H2. The summed E-state index contributed by atoms with van der Waals surface area (Å²) in [5.41, 5.74) is 0. The van der Waals surface area contributed by atoms with E-state index in [0.29, 0.717) is 85.9 Å². The molecule has 0 spiro atoms. The summed E-state index contributed by atoms with van der Waals surface area (Å²) in [7, 11) is 0. The average Bonchev–Trinajstić information content (AvgIpc) is 2.82. The number of esters is 1. The molecule has 0 aliphatic rings. The van der Waals surface area contributed by atoms with Gasteiger partial charge in [0.1, 0.15) is 19.0 Å². The summed E-state index contributed by atoms with van der Waals surface area (Å²) in [6.07, 6.45) is 1.12. The van der Waals surface area contributed by atoms with Gasteiger partial charge in [0.2, 0.25) is 0 Å². The molecule has 0 atom stereocenters. The van der Waals surface area contributed by atoms with Crippen LogP contribution in [0, 0.1) is 0 Å². The Balaban J connectivity index is 1.67. The zero-order chi connectivity index (χ0) is 23.0. The molecule has 0 amide bonds. The van der Waals surface area contributed by atoms with E-state index in [1.165, 1.54) is 0 Å². The van der Waals surface area contributed by atoms with Gasteiger partial charge in [-0.15, -0.1) is 0 Å². The predicted octanol–water partition coefficient (Wildman–Crippen LogP) is 1.89. The first-order valence-corrected chi connectivity index (χ1v) is 10.8. The first kappa shape index (κ1) is 28.0. The monoisotopic (exact) mass is 456 g/mol. The fourth-order valence-corrected chi connectivity index (χ4v) is 2.20. The van der Waals surface area contributed by atoms with Crippen LogP contribution in [0.3, 0.4) is 0 Å². The van der Waals surface area contributed by atoms with Crippen molar-refractivity contribution in [1.29, 1.82) is 0 Å². The molecule has 0 unspecified atom stereocenters. The van der Waals surface area contributed by atoms with Crippen molar-refractivity contribution in [3.8, 4) is 5.75 Å². The van der Waals surface area contributed by atoms with Gasteiger partial charge in [-0.05, 0) is 12.1 Å². The lowest BCUT2D eigenvalue weighted by Gasteiger charge is -2.09. The van der Waals surface area contributed by atoms with E-state index in [1.807, 2.05) is 30.3 Å². The summed E-state index contributed by atoms with van der Waals surface area (Å²) in [6, 6.07) is 9.64. The molecule has 0 fully saturated rings. The molecule has 0 heterocycles. The van der Waals surface area contributed by atoms with Crippen molar-refractivity contribution < 1.29 is 42.7 Å². The molecule has 0 aromatic heterocycles. The second-order valence-electron chi connectivity index (χ2n) is 6.21. The van der Waals surface area contributed by atoms with Crippen LogP contribution in [0.1, 0.15) is 0 Å². The Morgan fingerprint density at radius 1 is 0.594 bits per heavy atom. The van der Waals surface area contributed by atoms with E-state index >= 15 is 0 Å². The van der Waals surface area contributed by atoms with Crippen LogP contribution in [0.15, 0.2) is 43.0 Å². The Hall–Kier alpha value is -2.01. The van der Waals surface area contributed by atoms with Gasteiger partial charge in [0, 0.05) is 6.08 Å². The van der Waals surface area contributed by atoms with Crippen LogP contribution < -0.4 is 4.74 Å². The molecule has 9 heteroatoms. The second-order valence-corrected chi connectivity index (χ2v) is 6.21. The van der Waals surface area contributed by atoms with Gasteiger partial charge in [0.15, 0.2) is 0 Å². The Kier molecular flexibility index (Phi) is 19.4. The van der Waals surface area contributed by atoms with E-state index in [1.54, 1.807) is 0 Å². The number of hydrogen-bond donors (Lipinski definition) is 0. The highest BCUT2D eigenvalue weighted by Gasteiger charge is 1.96. The highest BCUT2D eigenvalue weighted by molar-refractivity contribution is 5.81. The van der Waals surface area contributed by atoms with E-state index in [4.69, 9.17) is 37.9 Å². The Morgan fingerprint density at radius 3 is 1.38 bits per heavy atom. The zero-order valence-corrected chi connectivity index (χ0v) is 18.7. The van der Waals surface area contributed by atoms with Crippen molar-refractivity contribution in [2.24, 2.45) is 0 Å². The number of benzene rings is 1. The maximum absolute atomic E-state index is 10.8. The van der Waals surface area contributed by atoms with Crippen molar-refractivity contribution in [2.75, 3.05) is 92.5 Å². The number of hydrogen-bond acceptors (Lipinski definition) is 9. The van der Waals surface area contributed by atoms with Gasteiger partial charge in [-0.3, -0.25) is 0 Å². The van der Waals surface area contributed by atoms with Crippen LogP contribution in [-0.2, 0) is 38.0 Å². The molecule has 0 aliphatic heterocycles. The van der Waals surface area contributed by atoms with Gasteiger partial charge in [-0.2, -0.15) is 0 Å². The number of carbonyl (C=O) groups is 1. The molecule has 0 radical (unpaired) electrons. The van der Waals surface area contributed by atoms with Gasteiger partial charge in [-0.25, -0.2) is 4.79 Å². The Labute approximate surface area is 190 Å². The van der Waals surface area contributed by atoms with Gasteiger partial charge >= 0.3 is 5.97 Å². The SMILES string of the molecule is C=CC(=O)OCCOCCOCCOCCOCCOCCOCCOc1ccccc1. The molecular formula is C23H36O9. The molecule has 182 valence electrons. The van der Waals surface area contributed by atoms with Crippen molar-refractivity contribution in [2.45, 2.75) is 0 Å². The number of rotatable bonds is 23. The molecule has 0 N–H and O–H groups in total. The Morgan fingerprint density at radius 2 is 0.969 bits per heavy atom. The maximum atomic E-state index is 10.8. The van der Waals surface area contributed by atoms with Gasteiger partial charge in [0.25, 0.3) is 0 Å². The summed E-state index contributed by atoms with van der Waals surface area (Å²) < 4.78 is 42.6. The van der Waals surface area contributed by atoms with E-state index in [0.717, 1.165) is 11.8 Å². The highest BCUT2D eigenvalue weighted by atomic mass is 16.6. The third kappa shape index (κ3) is 18.7. The molecule has 32 heavy (non-hydrogen) atoms. The van der Waals surface area contributed by atoms with E-state index in [2.05, 4.69) is 6.58 Å². The molecule has 1 rings (SSSR count). The summed E-state index contributed by atoms with van der Waals surface area (Å²) >= 11 is 0. The zero-order valence-electron chi connectivity index (χ0n) is 18.7. The normalized spacial score (nSPS) is 10.8. The van der Waals surface area contributed by atoms with Crippen LogP contribution in [0.25, 0.3) is 0 Å². The molecule has 0 bridgehead atoms. The van der Waals surface area contributed by atoms with Crippen LogP contribution in [0.2, 0.25) is 0 Å². The molecule has 0 saturated carbocycles. The molecule has 9 nitrogen and oxygen atoms in total. The quantitative estimate of drug-likeness (QED) is 0.139. The molecule has 0 aliphatic carbocycles. The first-order valence-electron chi connectivity index (χ1n) is 10.8. The van der Waals surface area contributed by atoms with Crippen molar-refractivity contribution in [3.05, 3.63) is 43.0 Å². The smallest absolute Gasteiger partial charge is 0.330 e. The number of para-hydroxylation sites is 1. The lowest BCUT2D eigenvalue weighted by Crippen LogP contribution is -2.15. The van der Waals surface area contributed by atoms with Crippen molar-refractivity contribution in [3.63, 3.8) is 0 Å². The minimum absolute atomic E-state index is 0.206. The fraction of sp³-hybridized carbons (Fsp3) is 0.609. The minimum atomic E-state index is -0.454. The molecular weight excluding hydrogens is 420 g/mol. The lowest BCUT2D eigenvalue weighted by molar-refractivity contribution is -0.139. The summed E-state index contributed by atoms with van der Waals surface area (Å²) in [4.78, 5) is 10.8. The highest BCUT2D eigenvalue weighted by Crippen LogP contribution is 2.07. The summed E-state index contributed by atoms with van der Waals surface area (Å²) in [6.45, 7) is 9.80. The topological polar surface area (TPSA) is 90.9 Å². The fourth-order valence-electron chi connectivity index (χ4n) is 2.20. The lowest BCUT2D eigenvalue weighted by atomic mass is 10.3. The Bertz CT molecular complexity index is 554. The number of ether oxygens (including phenoxy) is 8. The third-order valence-corrected chi connectivity index (χ3v) is 3.74. The molecule has 1 aromatic carbocycles. The second kappa shape index (κ2) is 22.2. The molecule has 1 aromatic rings. The average molecular weight is 457 g/mol. The van der Waals surface area contributed by atoms with Crippen LogP contribution in [-0.4, -0.2) is 98.5 Å². The summed E-state index contributed by atoms with van der Waals surface area (Å²) in [5, 5.41) is 0. The van der Waals surface area contributed by atoms with Gasteiger partial charge in [0.05, 0.1) is 79.3 Å². The van der Waals surface area contributed by atoms with Gasteiger partial charge in [-0.1, -0.05) is 24.8 Å². The van der Waals surface area contributed by atoms with E-state index in [9.17, 15) is 4.79 Å². The molecule has 0 saturated heterocycles. The maximum Gasteiger partial charge on any atom is 0.330 e. The predicted molar refractivity (Wildman–Crippen MR) is 118 cm³/mol. The van der Waals surface area contributed by atoms with Crippen molar-refractivity contribution >= 4 is 5.97 Å². The summed E-state index contributed by atoms with van der Waals surface area (Å²) in [5.74, 6) is 0.387. The van der Waals surface area contributed by atoms with E-state index < -0.39 is 5.97 Å². The first-order chi connectivity index (χ1) is 15.8.